The highest BCUT2D eigenvalue weighted by Crippen LogP contribution is 2.42. The van der Waals surface area contributed by atoms with Gasteiger partial charge in [0.05, 0.1) is 11.4 Å². The number of nitrogens with zero attached hydrogens (tertiary/aromatic N) is 1. The van der Waals surface area contributed by atoms with Gasteiger partial charge in [0.15, 0.2) is 0 Å². The molecule has 0 aliphatic carbocycles. The molecule has 0 amide bonds. The van der Waals surface area contributed by atoms with Crippen LogP contribution >= 0.6 is 0 Å². The fourth-order valence-corrected chi connectivity index (χ4v) is 3.78. The quantitative estimate of drug-likeness (QED) is 0.348. The summed E-state index contributed by atoms with van der Waals surface area (Å²) in [6, 6.07) is 25.7. The van der Waals surface area contributed by atoms with Gasteiger partial charge in [-0.25, -0.2) is 8.78 Å². The summed E-state index contributed by atoms with van der Waals surface area (Å²) in [4.78, 5) is 1.75. The molecule has 0 aliphatic rings. The van der Waals surface area contributed by atoms with Crippen LogP contribution in [0, 0.1) is 11.6 Å². The average molecular weight is 387 g/mol. The molecule has 146 valence electrons. The van der Waals surface area contributed by atoms with E-state index in [1.165, 1.54) is 12.1 Å². The van der Waals surface area contributed by atoms with Crippen LogP contribution in [0.3, 0.4) is 0 Å². The topological polar surface area (TPSA) is 3.24 Å². The second-order valence-corrected chi connectivity index (χ2v) is 8.16. The molecule has 0 saturated carbocycles. The van der Waals surface area contributed by atoms with Gasteiger partial charge in [-0.2, -0.15) is 0 Å². The van der Waals surface area contributed by atoms with E-state index in [-0.39, 0.29) is 11.6 Å². The third-order valence-electron chi connectivity index (χ3n) is 5.04. The Hall–Kier alpha value is -3.20. The van der Waals surface area contributed by atoms with Gasteiger partial charge >= 0.3 is 0 Å². The molecule has 0 unspecified atom stereocenters. The van der Waals surface area contributed by atoms with Crippen LogP contribution < -0.4 is 4.90 Å². The van der Waals surface area contributed by atoms with Gasteiger partial charge in [-0.1, -0.05) is 60.7 Å². The monoisotopic (exact) mass is 387 g/mol. The number of hydrogen-bond acceptors (Lipinski definition) is 1. The van der Waals surface area contributed by atoms with Gasteiger partial charge in [0, 0.05) is 11.1 Å². The van der Waals surface area contributed by atoms with E-state index in [2.05, 4.69) is 6.07 Å². The molecular formula is C26H23F2N. The Balaban J connectivity index is 1.98. The smallest absolute Gasteiger partial charge is 0.147 e. The van der Waals surface area contributed by atoms with Crippen molar-refractivity contribution in [3.63, 3.8) is 0 Å². The van der Waals surface area contributed by atoms with Crippen molar-refractivity contribution in [2.45, 2.75) is 26.3 Å². The fourth-order valence-electron chi connectivity index (χ4n) is 3.78. The summed E-state index contributed by atoms with van der Waals surface area (Å²) in [5, 5.41) is 2.20. The van der Waals surface area contributed by atoms with Crippen molar-refractivity contribution in [2.24, 2.45) is 0 Å². The van der Waals surface area contributed by atoms with Crippen LogP contribution in [0.5, 0.6) is 0 Å². The molecule has 0 aromatic heterocycles. The molecule has 3 heteroatoms. The Morgan fingerprint density at radius 2 is 1.31 bits per heavy atom. The molecule has 0 fully saturated rings. The van der Waals surface area contributed by atoms with E-state index >= 15 is 4.39 Å². The molecule has 4 rings (SSSR count). The van der Waals surface area contributed by atoms with Crippen molar-refractivity contribution in [3.8, 4) is 11.1 Å². The minimum absolute atomic E-state index is 0.354. The summed E-state index contributed by atoms with van der Waals surface area (Å²) in [5.41, 5.74) is 1.81. The minimum Gasteiger partial charge on any atom is -0.331 e. The van der Waals surface area contributed by atoms with Crippen LogP contribution in [0.15, 0.2) is 84.9 Å². The number of fused-ring (bicyclic) bond motifs is 1. The summed E-state index contributed by atoms with van der Waals surface area (Å²) in [7, 11) is 0. The Labute approximate surface area is 170 Å². The first-order valence-electron chi connectivity index (χ1n) is 9.69. The Kier molecular flexibility index (Phi) is 4.83. The Morgan fingerprint density at radius 1 is 0.655 bits per heavy atom. The third kappa shape index (κ3) is 3.61. The SMILES string of the molecule is CC(C)(C)N(c1ccccc1F)c1c(F)cccc1-c1ccc2ccccc2c1. The summed E-state index contributed by atoms with van der Waals surface area (Å²) < 4.78 is 30.0. The number of anilines is 2. The van der Waals surface area contributed by atoms with Crippen molar-refractivity contribution in [1.29, 1.82) is 0 Å². The van der Waals surface area contributed by atoms with Crippen molar-refractivity contribution >= 4 is 22.1 Å². The summed E-state index contributed by atoms with van der Waals surface area (Å²) in [5.74, 6) is -0.760. The van der Waals surface area contributed by atoms with E-state index in [4.69, 9.17) is 0 Å². The van der Waals surface area contributed by atoms with Gasteiger partial charge in [-0.15, -0.1) is 0 Å². The van der Waals surface area contributed by atoms with Gasteiger partial charge in [-0.05, 0) is 61.4 Å². The zero-order valence-corrected chi connectivity index (χ0v) is 16.8. The first-order valence-corrected chi connectivity index (χ1v) is 9.69. The van der Waals surface area contributed by atoms with E-state index in [9.17, 15) is 4.39 Å². The predicted molar refractivity (Wildman–Crippen MR) is 118 cm³/mol. The van der Waals surface area contributed by atoms with Crippen LogP contribution in [0.2, 0.25) is 0 Å². The number of rotatable bonds is 3. The number of hydrogen-bond donors (Lipinski definition) is 0. The molecule has 29 heavy (non-hydrogen) atoms. The normalized spacial score (nSPS) is 11.6. The van der Waals surface area contributed by atoms with E-state index in [1.807, 2.05) is 63.2 Å². The predicted octanol–water partition coefficient (Wildman–Crippen LogP) is 7.72. The zero-order chi connectivity index (χ0) is 20.6. The molecule has 0 atom stereocenters. The summed E-state index contributed by atoms with van der Waals surface area (Å²) in [6.45, 7) is 5.86. The maximum absolute atomic E-state index is 15.3. The molecule has 0 spiro atoms. The summed E-state index contributed by atoms with van der Waals surface area (Å²) in [6.07, 6.45) is 0. The molecule has 1 nitrogen and oxygen atoms in total. The highest BCUT2D eigenvalue weighted by Gasteiger charge is 2.30. The van der Waals surface area contributed by atoms with Gasteiger partial charge in [-0.3, -0.25) is 0 Å². The largest absolute Gasteiger partial charge is 0.331 e. The Morgan fingerprint density at radius 3 is 2.03 bits per heavy atom. The number of halogens is 2. The van der Waals surface area contributed by atoms with E-state index < -0.39 is 5.54 Å². The molecule has 4 aromatic rings. The zero-order valence-electron chi connectivity index (χ0n) is 16.8. The molecule has 0 radical (unpaired) electrons. The maximum atomic E-state index is 15.3. The van der Waals surface area contributed by atoms with Crippen molar-refractivity contribution < 1.29 is 8.78 Å². The van der Waals surface area contributed by atoms with Gasteiger partial charge in [0.2, 0.25) is 0 Å². The van der Waals surface area contributed by atoms with Crippen LogP contribution in [0.25, 0.3) is 21.9 Å². The molecule has 4 aromatic carbocycles. The second kappa shape index (κ2) is 7.32. The highest BCUT2D eigenvalue weighted by molar-refractivity contribution is 5.91. The van der Waals surface area contributed by atoms with E-state index in [1.54, 1.807) is 29.2 Å². The molecular weight excluding hydrogens is 364 g/mol. The lowest BCUT2D eigenvalue weighted by Gasteiger charge is -2.39. The third-order valence-corrected chi connectivity index (χ3v) is 5.04. The van der Waals surface area contributed by atoms with Crippen LogP contribution in [-0.2, 0) is 0 Å². The van der Waals surface area contributed by atoms with Crippen molar-refractivity contribution in [2.75, 3.05) is 4.90 Å². The van der Waals surface area contributed by atoms with Gasteiger partial charge in [0.1, 0.15) is 11.6 Å². The van der Waals surface area contributed by atoms with Crippen LogP contribution in [0.1, 0.15) is 20.8 Å². The maximum Gasteiger partial charge on any atom is 0.147 e. The van der Waals surface area contributed by atoms with Crippen molar-refractivity contribution in [3.05, 3.63) is 96.6 Å². The fraction of sp³-hybridized carbons (Fsp3) is 0.154. The van der Waals surface area contributed by atoms with Gasteiger partial charge in [0.25, 0.3) is 0 Å². The lowest BCUT2D eigenvalue weighted by atomic mass is 9.95. The lowest BCUT2D eigenvalue weighted by Crippen LogP contribution is -2.39. The van der Waals surface area contributed by atoms with E-state index in [0.717, 1.165) is 21.9 Å². The number of para-hydroxylation sites is 2. The first-order chi connectivity index (χ1) is 13.9. The molecule has 0 heterocycles. The lowest BCUT2D eigenvalue weighted by molar-refractivity contribution is 0.527. The average Bonchev–Trinajstić information content (AvgIpc) is 2.69. The summed E-state index contributed by atoms with van der Waals surface area (Å²) >= 11 is 0. The molecule has 0 N–H and O–H groups in total. The highest BCUT2D eigenvalue weighted by atomic mass is 19.1. The second-order valence-electron chi connectivity index (χ2n) is 8.16. The van der Waals surface area contributed by atoms with Crippen molar-refractivity contribution in [1.82, 2.24) is 0 Å². The van der Waals surface area contributed by atoms with Crippen LogP contribution in [-0.4, -0.2) is 5.54 Å². The van der Waals surface area contributed by atoms with Crippen LogP contribution in [0.4, 0.5) is 20.2 Å². The number of benzene rings is 4. The standard InChI is InChI=1S/C26H23F2N/c1-26(2,3)29(24-14-7-6-12-22(24)27)25-21(11-8-13-23(25)28)20-16-15-18-9-4-5-10-19(18)17-20/h4-17H,1-3H3. The molecule has 0 bridgehead atoms. The first kappa shape index (κ1) is 19.1. The minimum atomic E-state index is -0.546. The molecule has 0 aliphatic heterocycles. The van der Waals surface area contributed by atoms with E-state index in [0.29, 0.717) is 11.4 Å². The van der Waals surface area contributed by atoms with Gasteiger partial charge < -0.3 is 4.90 Å². The molecule has 0 saturated heterocycles. The Bertz CT molecular complexity index is 1170.